The van der Waals surface area contributed by atoms with E-state index >= 15 is 0 Å². The Morgan fingerprint density at radius 3 is 2.71 bits per heavy atom. The van der Waals surface area contributed by atoms with Crippen LogP contribution in [0, 0.1) is 27.3 Å². The van der Waals surface area contributed by atoms with Gasteiger partial charge in [-0.15, -0.1) is 0 Å². The fourth-order valence-corrected chi connectivity index (χ4v) is 1.97. The molecule has 0 bridgehead atoms. The molecule has 0 fully saturated rings. The van der Waals surface area contributed by atoms with Crippen LogP contribution < -0.4 is 4.74 Å². The number of benzene rings is 2. The van der Waals surface area contributed by atoms with E-state index in [9.17, 15) is 14.5 Å². The Bertz CT molecular complexity index is 743. The fourth-order valence-electron chi connectivity index (χ4n) is 1.74. The van der Waals surface area contributed by atoms with Gasteiger partial charge in [-0.05, 0) is 18.2 Å². The lowest BCUT2D eigenvalue weighted by Crippen LogP contribution is -2.03. The highest BCUT2D eigenvalue weighted by Crippen LogP contribution is 2.29. The molecule has 0 aliphatic heterocycles. The van der Waals surface area contributed by atoms with Gasteiger partial charge in [0, 0.05) is 6.07 Å². The van der Waals surface area contributed by atoms with Gasteiger partial charge in [0.2, 0.25) is 0 Å². The molecule has 0 heterocycles. The third-order valence-corrected chi connectivity index (χ3v) is 3.10. The molecule has 0 unspecified atom stereocenters. The van der Waals surface area contributed by atoms with E-state index in [0.29, 0.717) is 0 Å². The normalized spacial score (nSPS) is 9.95. The number of hydrogen-bond donors (Lipinski definition) is 0. The standard InChI is InChI=1S/C14H8ClFN2O3/c15-11-3-1-5-13(18(19)20)10(11)8-21-14-6-2-4-12(16)9(14)7-17/h1-6H,8H2. The van der Waals surface area contributed by atoms with Crippen molar-refractivity contribution in [2.45, 2.75) is 6.61 Å². The van der Waals surface area contributed by atoms with Gasteiger partial charge in [0.05, 0.1) is 15.5 Å². The molecule has 7 heteroatoms. The molecule has 0 amide bonds. The maximum Gasteiger partial charge on any atom is 0.277 e. The number of halogens is 2. The Morgan fingerprint density at radius 1 is 1.33 bits per heavy atom. The van der Waals surface area contributed by atoms with Crippen molar-refractivity contribution in [1.82, 2.24) is 0 Å². The minimum Gasteiger partial charge on any atom is -0.487 e. The smallest absolute Gasteiger partial charge is 0.277 e. The van der Waals surface area contributed by atoms with Crippen molar-refractivity contribution < 1.29 is 14.1 Å². The largest absolute Gasteiger partial charge is 0.487 e. The van der Waals surface area contributed by atoms with Crippen LogP contribution in [0.5, 0.6) is 5.75 Å². The van der Waals surface area contributed by atoms with Crippen LogP contribution in [0.2, 0.25) is 5.02 Å². The number of ether oxygens (including phenoxy) is 1. The van der Waals surface area contributed by atoms with Gasteiger partial charge in [-0.1, -0.05) is 23.7 Å². The molecule has 0 aliphatic rings. The van der Waals surface area contributed by atoms with E-state index in [0.717, 1.165) is 6.07 Å². The molecule has 2 aromatic carbocycles. The molecular formula is C14H8ClFN2O3. The van der Waals surface area contributed by atoms with Gasteiger partial charge in [-0.25, -0.2) is 4.39 Å². The second-order valence-electron chi connectivity index (χ2n) is 4.01. The Labute approximate surface area is 124 Å². The van der Waals surface area contributed by atoms with E-state index in [1.54, 1.807) is 6.07 Å². The molecule has 0 N–H and O–H groups in total. The number of nitrogens with zero attached hydrogens (tertiary/aromatic N) is 2. The van der Waals surface area contributed by atoms with Crippen LogP contribution in [0.15, 0.2) is 36.4 Å². The van der Waals surface area contributed by atoms with Crippen molar-refractivity contribution in [3.63, 3.8) is 0 Å². The third-order valence-electron chi connectivity index (χ3n) is 2.75. The van der Waals surface area contributed by atoms with Crippen molar-refractivity contribution in [3.05, 3.63) is 68.5 Å². The topological polar surface area (TPSA) is 76.2 Å². The first-order valence-electron chi connectivity index (χ1n) is 5.77. The van der Waals surface area contributed by atoms with Crippen LogP contribution in [0.4, 0.5) is 10.1 Å². The molecule has 2 aromatic rings. The molecule has 0 radical (unpaired) electrons. The summed E-state index contributed by atoms with van der Waals surface area (Å²) in [5.74, 6) is -0.713. The predicted octanol–water partition coefficient (Wildman–Crippen LogP) is 3.84. The monoisotopic (exact) mass is 306 g/mol. The number of nitriles is 1. The van der Waals surface area contributed by atoms with E-state index < -0.39 is 10.7 Å². The molecular weight excluding hydrogens is 299 g/mol. The van der Waals surface area contributed by atoms with Gasteiger partial charge >= 0.3 is 0 Å². The zero-order chi connectivity index (χ0) is 15.4. The van der Waals surface area contributed by atoms with Crippen molar-refractivity contribution in [2.75, 3.05) is 0 Å². The van der Waals surface area contributed by atoms with Gasteiger partial charge in [-0.2, -0.15) is 5.26 Å². The molecule has 2 rings (SSSR count). The number of nitro benzene ring substituents is 1. The summed E-state index contributed by atoms with van der Waals surface area (Å²) in [6, 6.07) is 9.84. The first kappa shape index (κ1) is 14.8. The van der Waals surface area contributed by atoms with Crippen LogP contribution in [-0.2, 0) is 6.61 Å². The van der Waals surface area contributed by atoms with Gasteiger partial charge in [0.1, 0.15) is 29.8 Å². The van der Waals surface area contributed by atoms with E-state index in [-0.39, 0.29) is 34.2 Å². The average Bonchev–Trinajstić information content (AvgIpc) is 2.45. The minimum absolute atomic E-state index is 0.00622. The molecule has 0 spiro atoms. The Morgan fingerprint density at radius 2 is 2.05 bits per heavy atom. The van der Waals surface area contributed by atoms with Crippen LogP contribution in [-0.4, -0.2) is 4.92 Å². The Kier molecular flexibility index (Phi) is 4.36. The molecule has 0 atom stereocenters. The SMILES string of the molecule is N#Cc1c(F)cccc1OCc1c(Cl)cccc1[N+](=O)[O-]. The fraction of sp³-hybridized carbons (Fsp3) is 0.0714. The van der Waals surface area contributed by atoms with Gasteiger partial charge in [0.15, 0.2) is 0 Å². The first-order chi connectivity index (χ1) is 10.0. The maximum absolute atomic E-state index is 13.4. The molecule has 0 saturated carbocycles. The zero-order valence-electron chi connectivity index (χ0n) is 10.5. The number of nitro groups is 1. The molecule has 0 aromatic heterocycles. The molecule has 0 aliphatic carbocycles. The highest BCUT2D eigenvalue weighted by molar-refractivity contribution is 6.31. The lowest BCUT2D eigenvalue weighted by molar-refractivity contribution is -0.385. The third kappa shape index (κ3) is 3.09. The number of rotatable bonds is 4. The summed E-state index contributed by atoms with van der Waals surface area (Å²) in [7, 11) is 0. The van der Waals surface area contributed by atoms with Crippen LogP contribution in [0.3, 0.4) is 0 Å². The molecule has 0 saturated heterocycles. The summed E-state index contributed by atoms with van der Waals surface area (Å²) in [6.07, 6.45) is 0. The highest BCUT2D eigenvalue weighted by atomic mass is 35.5. The second-order valence-corrected chi connectivity index (χ2v) is 4.42. The summed E-state index contributed by atoms with van der Waals surface area (Å²) in [5, 5.41) is 20.0. The summed E-state index contributed by atoms with van der Waals surface area (Å²) in [6.45, 7) is -0.242. The Hall–Kier alpha value is -2.65. The van der Waals surface area contributed by atoms with E-state index in [2.05, 4.69) is 0 Å². The predicted molar refractivity (Wildman–Crippen MR) is 73.6 cm³/mol. The molecule has 5 nitrogen and oxygen atoms in total. The second kappa shape index (κ2) is 6.20. The van der Waals surface area contributed by atoms with Gasteiger partial charge < -0.3 is 4.74 Å². The number of hydrogen-bond acceptors (Lipinski definition) is 4. The van der Waals surface area contributed by atoms with Crippen molar-refractivity contribution in [2.24, 2.45) is 0 Å². The summed E-state index contributed by atoms with van der Waals surface area (Å²) < 4.78 is 18.7. The van der Waals surface area contributed by atoms with Crippen LogP contribution in [0.1, 0.15) is 11.1 Å². The van der Waals surface area contributed by atoms with Gasteiger partial charge in [0.25, 0.3) is 5.69 Å². The van der Waals surface area contributed by atoms with Crippen LogP contribution >= 0.6 is 11.6 Å². The quantitative estimate of drug-likeness (QED) is 0.635. The summed E-state index contributed by atoms with van der Waals surface area (Å²) >= 11 is 5.92. The molecule has 106 valence electrons. The maximum atomic E-state index is 13.4. The van der Waals surface area contributed by atoms with Crippen molar-refractivity contribution >= 4 is 17.3 Å². The lowest BCUT2D eigenvalue weighted by Gasteiger charge is -2.09. The van der Waals surface area contributed by atoms with E-state index in [1.165, 1.54) is 30.3 Å². The van der Waals surface area contributed by atoms with Crippen molar-refractivity contribution in [3.8, 4) is 11.8 Å². The lowest BCUT2D eigenvalue weighted by atomic mass is 10.2. The van der Waals surface area contributed by atoms with E-state index in [4.69, 9.17) is 21.6 Å². The zero-order valence-corrected chi connectivity index (χ0v) is 11.3. The molecule has 21 heavy (non-hydrogen) atoms. The Balaban J connectivity index is 2.32. The summed E-state index contributed by atoms with van der Waals surface area (Å²) in [4.78, 5) is 10.4. The first-order valence-corrected chi connectivity index (χ1v) is 6.15. The highest BCUT2D eigenvalue weighted by Gasteiger charge is 2.18. The van der Waals surface area contributed by atoms with E-state index in [1.807, 2.05) is 0 Å². The van der Waals surface area contributed by atoms with Crippen molar-refractivity contribution in [1.29, 1.82) is 5.26 Å². The average molecular weight is 307 g/mol. The summed E-state index contributed by atoms with van der Waals surface area (Å²) in [5.41, 5.74) is -0.290. The van der Waals surface area contributed by atoms with Crippen LogP contribution in [0.25, 0.3) is 0 Å². The minimum atomic E-state index is -0.719. The van der Waals surface area contributed by atoms with Gasteiger partial charge in [-0.3, -0.25) is 10.1 Å².